The second-order valence-electron chi connectivity index (χ2n) is 24.1. The van der Waals surface area contributed by atoms with Crippen LogP contribution < -0.4 is 10.6 Å². The SMILES string of the molecule is CC1CC2C3CCC4=CC(=O)C=CC4(C)C3(Cl)C(O)CC2(C)C1(O)C(=O)CNC(=O)CCCCCCCCCCC(=O)NCC(=O)C1(O)C(C)CC2C3CCC4=CC(=O)C=CC4(C)C3(Cl)C(O)CC21C. The molecule has 386 valence electrons. The molecule has 0 bridgehead atoms. The van der Waals surface area contributed by atoms with Crippen LogP contribution in [0.25, 0.3) is 0 Å². The van der Waals surface area contributed by atoms with Gasteiger partial charge in [0.15, 0.2) is 23.1 Å². The summed E-state index contributed by atoms with van der Waals surface area (Å²) in [4.78, 5) is 76.0. The van der Waals surface area contributed by atoms with E-state index in [9.17, 15) is 49.2 Å². The van der Waals surface area contributed by atoms with Gasteiger partial charge in [-0.1, -0.05) is 103 Å². The predicted molar refractivity (Wildman–Crippen MR) is 267 cm³/mol. The van der Waals surface area contributed by atoms with Crippen LogP contribution in [-0.4, -0.2) is 102 Å². The van der Waals surface area contributed by atoms with Crippen molar-refractivity contribution in [1.29, 1.82) is 0 Å². The molecule has 16 atom stereocenters. The highest BCUT2D eigenvalue weighted by atomic mass is 35.5. The Balaban J connectivity index is 0.711. The van der Waals surface area contributed by atoms with Crippen LogP contribution >= 0.6 is 23.2 Å². The van der Waals surface area contributed by atoms with Gasteiger partial charge in [0.1, 0.15) is 11.2 Å². The number of aliphatic hydroxyl groups is 4. The van der Waals surface area contributed by atoms with Crippen molar-refractivity contribution in [2.75, 3.05) is 13.1 Å². The topological polar surface area (TPSA) is 207 Å². The van der Waals surface area contributed by atoms with Crippen LogP contribution in [0, 0.1) is 57.2 Å². The number of fused-ring (bicyclic) bond motifs is 10. The van der Waals surface area contributed by atoms with Gasteiger partial charge in [-0.3, -0.25) is 28.8 Å². The van der Waals surface area contributed by atoms with Gasteiger partial charge < -0.3 is 31.1 Å². The molecule has 0 aromatic rings. The molecule has 0 aromatic heterocycles. The summed E-state index contributed by atoms with van der Waals surface area (Å²) < 4.78 is 0. The second-order valence-corrected chi connectivity index (χ2v) is 25.3. The lowest BCUT2D eigenvalue weighted by atomic mass is 9.45. The van der Waals surface area contributed by atoms with E-state index in [0.717, 1.165) is 49.7 Å². The molecule has 0 aliphatic heterocycles. The number of ketones is 4. The van der Waals surface area contributed by atoms with E-state index in [1.54, 1.807) is 12.2 Å². The van der Waals surface area contributed by atoms with E-state index in [1.807, 2.05) is 53.7 Å². The monoisotopic (exact) mass is 1010 g/mol. The maximum Gasteiger partial charge on any atom is 0.220 e. The summed E-state index contributed by atoms with van der Waals surface area (Å²) in [6, 6.07) is 0. The molecule has 6 fully saturated rings. The third-order valence-corrected chi connectivity index (χ3v) is 22.6. The Morgan fingerprint density at radius 1 is 0.586 bits per heavy atom. The molecule has 14 heteroatoms. The van der Waals surface area contributed by atoms with Crippen LogP contribution in [0.5, 0.6) is 0 Å². The van der Waals surface area contributed by atoms with Gasteiger partial charge in [0.05, 0.1) is 35.0 Å². The largest absolute Gasteiger partial charge is 0.391 e. The van der Waals surface area contributed by atoms with Crippen molar-refractivity contribution in [2.45, 2.75) is 190 Å². The average molecular weight is 1010 g/mol. The van der Waals surface area contributed by atoms with Crippen molar-refractivity contribution >= 4 is 58.1 Å². The molecule has 16 unspecified atom stereocenters. The normalized spacial score (nSPS) is 44.5. The number of aliphatic hydroxyl groups excluding tert-OH is 2. The lowest BCUT2D eigenvalue weighted by Gasteiger charge is -2.63. The van der Waals surface area contributed by atoms with Crippen LogP contribution in [0.1, 0.15) is 157 Å². The molecule has 8 rings (SSSR count). The lowest BCUT2D eigenvalue weighted by molar-refractivity contribution is -0.177. The Morgan fingerprint density at radius 3 is 1.29 bits per heavy atom. The average Bonchev–Trinajstić information content (AvgIpc) is 3.64. The number of nitrogens with one attached hydrogen (secondary N) is 2. The van der Waals surface area contributed by atoms with E-state index in [-0.39, 0.29) is 85.8 Å². The molecule has 0 heterocycles. The third-order valence-electron chi connectivity index (χ3n) is 20.7. The van der Waals surface area contributed by atoms with Gasteiger partial charge in [-0.25, -0.2) is 0 Å². The van der Waals surface area contributed by atoms with Crippen molar-refractivity contribution < 1.29 is 49.2 Å². The van der Waals surface area contributed by atoms with Crippen LogP contribution in [0.2, 0.25) is 0 Å². The van der Waals surface area contributed by atoms with Gasteiger partial charge in [0, 0.05) is 34.5 Å². The summed E-state index contributed by atoms with van der Waals surface area (Å²) in [5.74, 6) is -3.00. The maximum atomic E-state index is 14.0. The third kappa shape index (κ3) is 7.86. The fourth-order valence-electron chi connectivity index (χ4n) is 16.7. The van der Waals surface area contributed by atoms with Gasteiger partial charge in [-0.2, -0.15) is 0 Å². The molecule has 0 radical (unpaired) electrons. The summed E-state index contributed by atoms with van der Waals surface area (Å²) in [5.41, 5.74) is -5.03. The standard InChI is InChI=1S/C56H78Cl2N2O10/c1-33-25-41-39-19-17-35-27-37(61)21-23-49(35,3)53(39,57)43(63)29-51(41,5)55(33,69)45(65)31-59-47(67)15-13-11-9-7-8-10-12-14-16-48(68)60-32-46(66)56(70)34(2)26-42-40-20-18-36-28-38(62)22-24-50(36,4)54(40,58)44(64)30-52(42,56)6/h21-24,27-28,33-34,39-44,63-64,69-70H,7-20,25-26,29-32H2,1-6H3,(H,59,67)(H,60,68). The highest BCUT2D eigenvalue weighted by molar-refractivity contribution is 6.26. The number of Topliss-reactive ketones (excluding diaryl/α,β-unsaturated/α-hetero) is 2. The summed E-state index contributed by atoms with van der Waals surface area (Å²) in [6.45, 7) is 10.9. The van der Waals surface area contributed by atoms with Crippen molar-refractivity contribution in [1.82, 2.24) is 10.6 Å². The van der Waals surface area contributed by atoms with E-state index in [0.29, 0.717) is 51.4 Å². The molecule has 0 saturated heterocycles. The molecule has 12 nitrogen and oxygen atoms in total. The van der Waals surface area contributed by atoms with Gasteiger partial charge in [-0.15, -0.1) is 23.2 Å². The number of amides is 2. The zero-order valence-electron chi connectivity index (χ0n) is 42.2. The number of rotatable bonds is 17. The summed E-state index contributed by atoms with van der Waals surface area (Å²) in [5, 5.41) is 53.9. The van der Waals surface area contributed by atoms with Gasteiger partial charge in [0.2, 0.25) is 11.8 Å². The van der Waals surface area contributed by atoms with E-state index in [2.05, 4.69) is 10.6 Å². The number of hydrogen-bond donors (Lipinski definition) is 6. The van der Waals surface area contributed by atoms with E-state index < -0.39 is 78.2 Å². The van der Waals surface area contributed by atoms with Crippen LogP contribution in [-0.2, 0) is 28.8 Å². The molecule has 2 amide bonds. The highest BCUT2D eigenvalue weighted by Gasteiger charge is 2.76. The molecule has 0 aromatic carbocycles. The fourth-order valence-corrected chi connectivity index (χ4v) is 17.8. The molecule has 8 aliphatic rings. The quantitative estimate of drug-likeness (QED) is 0.0625. The molecule has 70 heavy (non-hydrogen) atoms. The number of carbonyl (C=O) groups excluding carboxylic acids is 6. The molecular formula is C56H78Cl2N2O10. The fraction of sp³-hybridized carbons (Fsp3) is 0.750. The summed E-state index contributed by atoms with van der Waals surface area (Å²) in [6.07, 6.45) is 19.3. The van der Waals surface area contributed by atoms with Crippen LogP contribution in [0.4, 0.5) is 0 Å². The first kappa shape index (κ1) is 53.3. The molecule has 6 saturated carbocycles. The minimum atomic E-state index is -1.75. The number of carbonyl (C=O) groups is 6. The summed E-state index contributed by atoms with van der Waals surface area (Å²) in [7, 11) is 0. The number of hydrogen-bond acceptors (Lipinski definition) is 10. The zero-order valence-corrected chi connectivity index (χ0v) is 43.7. The Bertz CT molecular complexity index is 2140. The molecule has 0 spiro atoms. The highest BCUT2D eigenvalue weighted by Crippen LogP contribution is 2.73. The van der Waals surface area contributed by atoms with Crippen molar-refractivity contribution in [3.8, 4) is 0 Å². The lowest BCUT2D eigenvalue weighted by Crippen LogP contribution is -2.69. The van der Waals surface area contributed by atoms with E-state index >= 15 is 0 Å². The predicted octanol–water partition coefficient (Wildman–Crippen LogP) is 7.49. The van der Waals surface area contributed by atoms with Crippen LogP contribution in [0.3, 0.4) is 0 Å². The van der Waals surface area contributed by atoms with Crippen molar-refractivity contribution in [2.24, 2.45) is 57.2 Å². The molecular weight excluding hydrogens is 932 g/mol. The zero-order chi connectivity index (χ0) is 51.0. The van der Waals surface area contributed by atoms with Crippen molar-refractivity contribution in [3.63, 3.8) is 0 Å². The second kappa shape index (κ2) is 19.0. The first-order valence-electron chi connectivity index (χ1n) is 26.5. The minimum absolute atomic E-state index is 0.0842. The Labute approximate surface area is 424 Å². The maximum absolute atomic E-state index is 14.0. The Kier molecular flexibility index (Phi) is 14.5. The van der Waals surface area contributed by atoms with Crippen molar-refractivity contribution in [3.05, 3.63) is 47.6 Å². The van der Waals surface area contributed by atoms with Crippen LogP contribution in [0.15, 0.2) is 47.6 Å². The molecule has 8 aliphatic carbocycles. The summed E-state index contributed by atoms with van der Waals surface area (Å²) >= 11 is 15.1. The van der Waals surface area contributed by atoms with Gasteiger partial charge in [-0.05, 0) is 124 Å². The number of halogens is 2. The number of alkyl halides is 2. The number of unbranched alkanes of at least 4 members (excludes halogenated alkanes) is 7. The van der Waals surface area contributed by atoms with E-state index in [1.165, 1.54) is 12.2 Å². The Hall–Kier alpha value is -3.00. The smallest absolute Gasteiger partial charge is 0.220 e. The van der Waals surface area contributed by atoms with Gasteiger partial charge in [0.25, 0.3) is 0 Å². The number of allylic oxidation sites excluding steroid dienone is 8. The minimum Gasteiger partial charge on any atom is -0.391 e. The first-order valence-corrected chi connectivity index (χ1v) is 27.2. The van der Waals surface area contributed by atoms with Gasteiger partial charge >= 0.3 is 0 Å². The Morgan fingerprint density at radius 2 is 0.929 bits per heavy atom. The first-order chi connectivity index (χ1) is 32.8. The molecule has 6 N–H and O–H groups in total. The van der Waals surface area contributed by atoms with E-state index in [4.69, 9.17) is 23.2 Å².